The van der Waals surface area contributed by atoms with Gasteiger partial charge in [0.2, 0.25) is 0 Å². The van der Waals surface area contributed by atoms with E-state index in [-0.39, 0.29) is 0 Å². The molecule has 1 aromatic heterocycles. The Bertz CT molecular complexity index is 582. The van der Waals surface area contributed by atoms with Gasteiger partial charge < -0.3 is 10.3 Å². The number of hydrogen-bond acceptors (Lipinski definition) is 4. The van der Waals surface area contributed by atoms with Gasteiger partial charge in [0.25, 0.3) is 0 Å². The van der Waals surface area contributed by atoms with Crippen LogP contribution in [0.2, 0.25) is 0 Å². The first-order valence-electron chi connectivity index (χ1n) is 6.54. The Kier molecular flexibility index (Phi) is 3.09. The Labute approximate surface area is 113 Å². The Morgan fingerprint density at radius 3 is 3.05 bits per heavy atom. The van der Waals surface area contributed by atoms with Crippen LogP contribution >= 0.6 is 0 Å². The van der Waals surface area contributed by atoms with E-state index in [2.05, 4.69) is 46.5 Å². The quantitative estimate of drug-likeness (QED) is 0.652. The molecule has 0 saturated heterocycles. The molecule has 3 rings (SSSR count). The Morgan fingerprint density at radius 2 is 2.21 bits per heavy atom. The van der Waals surface area contributed by atoms with E-state index in [4.69, 9.17) is 5.84 Å². The monoisotopic (exact) mass is 254 g/mol. The Hall–Kier alpha value is -2.07. The third-order valence-corrected chi connectivity index (χ3v) is 3.67. The van der Waals surface area contributed by atoms with E-state index in [9.17, 15) is 0 Å². The number of para-hydroxylation sites is 1. The van der Waals surface area contributed by atoms with E-state index in [1.165, 1.54) is 16.8 Å². The number of nitrogen functional groups attached to an aromatic ring is 1. The minimum absolute atomic E-state index is 0.528. The van der Waals surface area contributed by atoms with Gasteiger partial charge >= 0.3 is 0 Å². The maximum atomic E-state index is 5.40. The number of nitrogens with two attached hydrogens (primary N) is 1. The molecule has 0 radical (unpaired) electrons. The number of benzene rings is 1. The Balaban J connectivity index is 1.87. The van der Waals surface area contributed by atoms with Crippen LogP contribution in [0.4, 0.5) is 11.5 Å². The number of hydrogen-bond donors (Lipinski definition) is 2. The van der Waals surface area contributed by atoms with Crippen molar-refractivity contribution in [2.45, 2.75) is 25.9 Å². The van der Waals surface area contributed by atoms with Crippen molar-refractivity contribution in [3.8, 4) is 0 Å². The molecule has 19 heavy (non-hydrogen) atoms. The summed E-state index contributed by atoms with van der Waals surface area (Å²) in [5, 5.41) is 0. The molecular formula is C15H18N4. The van der Waals surface area contributed by atoms with Gasteiger partial charge in [0.1, 0.15) is 5.82 Å². The molecule has 2 aromatic rings. The molecule has 0 bridgehead atoms. The molecule has 1 aromatic carbocycles. The van der Waals surface area contributed by atoms with Crippen molar-refractivity contribution >= 4 is 11.5 Å². The summed E-state index contributed by atoms with van der Waals surface area (Å²) in [5.41, 5.74) is 6.58. The van der Waals surface area contributed by atoms with Gasteiger partial charge in [-0.3, -0.25) is 0 Å². The average Bonchev–Trinajstić information content (AvgIpc) is 2.76. The lowest BCUT2D eigenvalue weighted by Gasteiger charge is -2.25. The number of hydrazine groups is 1. The van der Waals surface area contributed by atoms with E-state index < -0.39 is 0 Å². The van der Waals surface area contributed by atoms with Gasteiger partial charge in [-0.1, -0.05) is 18.2 Å². The summed E-state index contributed by atoms with van der Waals surface area (Å²) in [4.78, 5) is 6.58. The highest BCUT2D eigenvalue weighted by molar-refractivity contribution is 5.59. The number of anilines is 2. The fraction of sp³-hybridized carbons (Fsp3) is 0.267. The van der Waals surface area contributed by atoms with E-state index >= 15 is 0 Å². The van der Waals surface area contributed by atoms with Crippen molar-refractivity contribution in [1.82, 2.24) is 4.98 Å². The first-order valence-corrected chi connectivity index (χ1v) is 6.54. The second-order valence-electron chi connectivity index (χ2n) is 5.00. The van der Waals surface area contributed by atoms with Gasteiger partial charge in [-0.2, -0.15) is 0 Å². The fourth-order valence-electron chi connectivity index (χ4n) is 2.72. The topological polar surface area (TPSA) is 54.2 Å². The van der Waals surface area contributed by atoms with Crippen LogP contribution in [0.1, 0.15) is 18.1 Å². The largest absolute Gasteiger partial charge is 0.364 e. The SMILES string of the molecule is CC1Cc2ccccc2N1Cc1ccnc(NN)c1. The first kappa shape index (κ1) is 12.0. The van der Waals surface area contributed by atoms with Gasteiger partial charge in [-0.05, 0) is 42.7 Å². The van der Waals surface area contributed by atoms with E-state index in [0.717, 1.165) is 13.0 Å². The van der Waals surface area contributed by atoms with Crippen molar-refractivity contribution < 1.29 is 0 Å². The van der Waals surface area contributed by atoms with Crippen molar-refractivity contribution in [2.24, 2.45) is 5.84 Å². The van der Waals surface area contributed by atoms with Crippen molar-refractivity contribution in [3.63, 3.8) is 0 Å². The lowest BCUT2D eigenvalue weighted by molar-refractivity contribution is 0.672. The predicted molar refractivity (Wildman–Crippen MR) is 77.8 cm³/mol. The van der Waals surface area contributed by atoms with Crippen LogP contribution in [0.15, 0.2) is 42.6 Å². The summed E-state index contributed by atoms with van der Waals surface area (Å²) >= 11 is 0. The van der Waals surface area contributed by atoms with Crippen molar-refractivity contribution in [1.29, 1.82) is 0 Å². The standard InChI is InChI=1S/C15H18N4/c1-11-8-13-4-2-3-5-14(13)19(11)10-12-6-7-17-15(9-12)18-16/h2-7,9,11H,8,10,16H2,1H3,(H,17,18). The van der Waals surface area contributed by atoms with E-state index in [1.807, 2.05) is 12.1 Å². The minimum Gasteiger partial charge on any atom is -0.364 e. The van der Waals surface area contributed by atoms with Gasteiger partial charge in [-0.15, -0.1) is 0 Å². The second kappa shape index (κ2) is 4.90. The van der Waals surface area contributed by atoms with Crippen LogP contribution in [-0.4, -0.2) is 11.0 Å². The van der Waals surface area contributed by atoms with E-state index in [1.54, 1.807) is 6.20 Å². The van der Waals surface area contributed by atoms with Crippen LogP contribution < -0.4 is 16.2 Å². The van der Waals surface area contributed by atoms with Crippen LogP contribution in [0.3, 0.4) is 0 Å². The highest BCUT2D eigenvalue weighted by atomic mass is 15.2. The zero-order valence-electron chi connectivity index (χ0n) is 11.0. The van der Waals surface area contributed by atoms with Gasteiger partial charge in [-0.25, -0.2) is 10.8 Å². The molecule has 1 unspecified atom stereocenters. The van der Waals surface area contributed by atoms with Gasteiger partial charge in [0, 0.05) is 24.5 Å². The van der Waals surface area contributed by atoms with Crippen molar-refractivity contribution in [3.05, 3.63) is 53.7 Å². The molecular weight excluding hydrogens is 236 g/mol. The highest BCUT2D eigenvalue weighted by Gasteiger charge is 2.25. The number of nitrogens with one attached hydrogen (secondary N) is 1. The predicted octanol–water partition coefficient (Wildman–Crippen LogP) is 2.32. The number of rotatable bonds is 3. The molecule has 3 N–H and O–H groups in total. The lowest BCUT2D eigenvalue weighted by atomic mass is 10.1. The Morgan fingerprint density at radius 1 is 1.37 bits per heavy atom. The minimum atomic E-state index is 0.528. The molecule has 1 aliphatic heterocycles. The molecule has 2 heterocycles. The lowest BCUT2D eigenvalue weighted by Crippen LogP contribution is -2.28. The summed E-state index contributed by atoms with van der Waals surface area (Å²) in [7, 11) is 0. The molecule has 98 valence electrons. The molecule has 0 aliphatic carbocycles. The molecule has 4 nitrogen and oxygen atoms in total. The summed E-state index contributed by atoms with van der Waals surface area (Å²) in [6.07, 6.45) is 2.90. The van der Waals surface area contributed by atoms with Gasteiger partial charge in [0.05, 0.1) is 0 Å². The third-order valence-electron chi connectivity index (χ3n) is 3.67. The summed E-state index contributed by atoms with van der Waals surface area (Å²) in [6, 6.07) is 13.2. The number of fused-ring (bicyclic) bond motifs is 1. The van der Waals surface area contributed by atoms with Crippen molar-refractivity contribution in [2.75, 3.05) is 10.3 Å². The molecule has 1 atom stereocenters. The maximum Gasteiger partial charge on any atom is 0.140 e. The molecule has 0 saturated carbocycles. The average molecular weight is 254 g/mol. The highest BCUT2D eigenvalue weighted by Crippen LogP contribution is 2.33. The van der Waals surface area contributed by atoms with E-state index in [0.29, 0.717) is 11.9 Å². The summed E-state index contributed by atoms with van der Waals surface area (Å²) in [5.74, 6) is 6.11. The third kappa shape index (κ3) is 2.27. The fourth-order valence-corrected chi connectivity index (χ4v) is 2.72. The zero-order chi connectivity index (χ0) is 13.2. The molecule has 0 spiro atoms. The van der Waals surface area contributed by atoms with Crippen LogP contribution in [0, 0.1) is 0 Å². The van der Waals surface area contributed by atoms with Crippen LogP contribution in [-0.2, 0) is 13.0 Å². The van der Waals surface area contributed by atoms with Crippen LogP contribution in [0.25, 0.3) is 0 Å². The normalized spacial score (nSPS) is 17.4. The maximum absolute atomic E-state index is 5.40. The molecule has 1 aliphatic rings. The zero-order valence-corrected chi connectivity index (χ0v) is 11.0. The first-order chi connectivity index (χ1) is 9.28. The number of nitrogens with zero attached hydrogens (tertiary/aromatic N) is 2. The summed E-state index contributed by atoms with van der Waals surface area (Å²) in [6.45, 7) is 3.15. The molecule has 0 amide bonds. The molecule has 4 heteroatoms. The number of pyridine rings is 1. The molecule has 0 fully saturated rings. The smallest absolute Gasteiger partial charge is 0.140 e. The van der Waals surface area contributed by atoms with Crippen LogP contribution in [0.5, 0.6) is 0 Å². The number of aromatic nitrogens is 1. The summed E-state index contributed by atoms with van der Waals surface area (Å²) < 4.78 is 0. The van der Waals surface area contributed by atoms with Gasteiger partial charge in [0.15, 0.2) is 0 Å². The second-order valence-corrected chi connectivity index (χ2v) is 5.00.